The minimum absolute atomic E-state index is 0.00220. The molecule has 2 saturated carbocycles. The maximum absolute atomic E-state index is 12.2. The summed E-state index contributed by atoms with van der Waals surface area (Å²) in [6.45, 7) is 1.20. The standard InChI is InChI=1S/C18H37N5O9.C14H24N2O7/c19-3-9-8(25)2-7(22)17(29-9)31-15-5(20)1-6(21)16(14(15)28)32-18-13(27)11(23)12(26)10(4-24)30-18;1-5-4-6(17)14(20)13(21-5)22-12-10(19)7(15-2)9(18)8(16-3)11(12)23-14/h5-18,24-28H,1-4,19-23H2;5,7-13,15-16,18-20H,4H2,1-3H3/t5-,6+,7+,8-,9+,10+,11-,12+,13+,14-,15+,16-,17+,18+;5-,7-,8+,9+,10+,11-,12-,13+,14+/m01/s1. The number of ketones is 1. The summed E-state index contributed by atoms with van der Waals surface area (Å²) in [4.78, 5) is 12.2. The number of ether oxygens (including phenoxy) is 7. The lowest BCUT2D eigenvalue weighted by molar-refractivity contribution is -0.420. The molecule has 0 spiro atoms. The van der Waals surface area contributed by atoms with Gasteiger partial charge in [-0.3, -0.25) is 4.79 Å². The van der Waals surface area contributed by atoms with E-state index in [9.17, 15) is 45.6 Å². The summed E-state index contributed by atoms with van der Waals surface area (Å²) in [7, 11) is 3.24. The maximum Gasteiger partial charge on any atom is 0.280 e. The molecule has 23 heteroatoms. The van der Waals surface area contributed by atoms with Crippen molar-refractivity contribution >= 4 is 5.78 Å². The van der Waals surface area contributed by atoms with E-state index in [4.69, 9.17) is 61.8 Å². The minimum Gasteiger partial charge on any atom is -0.394 e. The molecule has 0 aromatic rings. The smallest absolute Gasteiger partial charge is 0.280 e. The van der Waals surface area contributed by atoms with Gasteiger partial charge in [0, 0.05) is 25.0 Å². The van der Waals surface area contributed by atoms with E-state index in [1.807, 2.05) is 0 Å². The molecule has 320 valence electrons. The second-order valence-corrected chi connectivity index (χ2v) is 15.2. The highest BCUT2D eigenvalue weighted by Crippen LogP contribution is 2.40. The highest BCUT2D eigenvalue weighted by Gasteiger charge is 2.63. The van der Waals surface area contributed by atoms with Crippen molar-refractivity contribution in [3.63, 3.8) is 0 Å². The highest BCUT2D eigenvalue weighted by atomic mass is 16.8. The Morgan fingerprint density at radius 1 is 0.745 bits per heavy atom. The lowest BCUT2D eigenvalue weighted by Gasteiger charge is -2.55. The fourth-order valence-corrected chi connectivity index (χ4v) is 8.11. The lowest BCUT2D eigenvalue weighted by atomic mass is 9.80. The van der Waals surface area contributed by atoms with Crippen LogP contribution in [0.15, 0.2) is 0 Å². The van der Waals surface area contributed by atoms with Gasteiger partial charge in [0.25, 0.3) is 5.79 Å². The van der Waals surface area contributed by atoms with E-state index in [1.54, 1.807) is 21.0 Å². The van der Waals surface area contributed by atoms with Crippen LogP contribution in [0, 0.1) is 0 Å². The molecule has 0 aromatic heterocycles. The van der Waals surface area contributed by atoms with Gasteiger partial charge in [0.15, 0.2) is 18.4 Å². The number of aliphatic hydroxyl groups excluding tert-OH is 7. The molecule has 0 radical (unpaired) electrons. The molecule has 23 nitrogen and oxygen atoms in total. The van der Waals surface area contributed by atoms with Crippen LogP contribution in [0.25, 0.3) is 0 Å². The first-order valence-electron chi connectivity index (χ1n) is 18.5. The first kappa shape index (κ1) is 44.9. The van der Waals surface area contributed by atoms with E-state index in [0.717, 1.165) is 0 Å². The summed E-state index contributed by atoms with van der Waals surface area (Å²) in [6, 6.07) is -4.56. The van der Waals surface area contributed by atoms with E-state index in [1.165, 1.54) is 0 Å². The van der Waals surface area contributed by atoms with Crippen molar-refractivity contribution in [2.75, 3.05) is 27.2 Å². The molecule has 6 rings (SSSR count). The monoisotopic (exact) mass is 799 g/mol. The number of fused-ring (bicyclic) bond motifs is 2. The van der Waals surface area contributed by atoms with Crippen LogP contribution < -0.4 is 39.3 Å². The van der Waals surface area contributed by atoms with Gasteiger partial charge in [-0.25, -0.2) is 0 Å². The van der Waals surface area contributed by atoms with Gasteiger partial charge in [-0.15, -0.1) is 0 Å². The number of hydrogen-bond donors (Lipinski definition) is 15. The normalized spacial score (nSPS) is 53.1. The quantitative estimate of drug-likeness (QED) is 0.108. The topological polar surface area (TPSA) is 398 Å². The molecule has 6 fully saturated rings. The summed E-state index contributed by atoms with van der Waals surface area (Å²) in [5, 5.41) is 87.9. The van der Waals surface area contributed by atoms with Crippen molar-refractivity contribution in [3.05, 3.63) is 0 Å². The third-order valence-corrected chi connectivity index (χ3v) is 11.3. The Labute approximate surface area is 317 Å². The molecule has 23 atom stereocenters. The zero-order valence-corrected chi connectivity index (χ0v) is 31.0. The molecule has 4 saturated heterocycles. The fourth-order valence-electron chi connectivity index (χ4n) is 8.11. The Balaban J connectivity index is 0.000000222. The Kier molecular flexibility index (Phi) is 15.0. The Bertz CT molecular complexity index is 1270. The minimum atomic E-state index is -2.23. The fraction of sp³-hybridized carbons (Fsp3) is 0.969. The van der Waals surface area contributed by atoms with Crippen molar-refractivity contribution in [3.8, 4) is 0 Å². The molecule has 6 aliphatic rings. The SMILES string of the molecule is CN[C@@H]1[C@H](O)[C@H](NC)[C@H]2O[C@@]3(O)C(=O)C[C@@H](C)O[C@H]3O[C@@H]2[C@H]1O.NC[C@H]1O[C@H](O[C@H]2[C@H](O)[C@@H](O[C@H]3O[C@H](CO)[C@@H](O)[C@H](N)[C@H]3O)[C@H](N)C[C@@H]2N)[C@H](N)C[C@@H]1O. The average Bonchev–Trinajstić information content (AvgIpc) is 3.13. The van der Waals surface area contributed by atoms with Crippen molar-refractivity contribution < 1.29 is 78.8 Å². The zero-order chi connectivity index (χ0) is 40.7. The van der Waals surface area contributed by atoms with Crippen LogP contribution in [0.1, 0.15) is 26.2 Å². The largest absolute Gasteiger partial charge is 0.394 e. The van der Waals surface area contributed by atoms with E-state index in [0.29, 0.717) is 0 Å². The van der Waals surface area contributed by atoms with Gasteiger partial charge < -0.3 is 113 Å². The highest BCUT2D eigenvalue weighted by molar-refractivity contribution is 5.87. The van der Waals surface area contributed by atoms with Gasteiger partial charge in [-0.1, -0.05) is 0 Å². The molecule has 0 amide bonds. The van der Waals surface area contributed by atoms with Crippen LogP contribution in [0.2, 0.25) is 0 Å². The molecule has 4 aliphatic heterocycles. The molecule has 0 unspecified atom stereocenters. The Morgan fingerprint density at radius 3 is 1.93 bits per heavy atom. The van der Waals surface area contributed by atoms with Gasteiger partial charge in [-0.05, 0) is 33.9 Å². The first-order chi connectivity index (χ1) is 25.9. The number of Topliss-reactive ketones (excluding diaryl/α,β-unsaturated/α-hetero) is 1. The van der Waals surface area contributed by atoms with Gasteiger partial charge in [0.1, 0.15) is 54.9 Å². The van der Waals surface area contributed by atoms with Crippen LogP contribution in [0.3, 0.4) is 0 Å². The summed E-state index contributed by atoms with van der Waals surface area (Å²) < 4.78 is 39.5. The zero-order valence-electron chi connectivity index (χ0n) is 31.0. The molecule has 0 aromatic carbocycles. The van der Waals surface area contributed by atoms with Crippen molar-refractivity contribution in [1.82, 2.24) is 10.6 Å². The van der Waals surface area contributed by atoms with Crippen LogP contribution in [0.4, 0.5) is 0 Å². The van der Waals surface area contributed by atoms with Crippen molar-refractivity contribution in [2.24, 2.45) is 28.7 Å². The van der Waals surface area contributed by atoms with Crippen molar-refractivity contribution in [1.29, 1.82) is 0 Å². The summed E-state index contributed by atoms with van der Waals surface area (Å²) in [5.41, 5.74) is 29.8. The van der Waals surface area contributed by atoms with Gasteiger partial charge in [-0.2, -0.15) is 0 Å². The number of rotatable bonds is 8. The number of likely N-dealkylation sites (N-methyl/N-ethyl adjacent to an activating group) is 2. The second-order valence-electron chi connectivity index (χ2n) is 15.2. The number of nitrogens with two attached hydrogens (primary N) is 5. The number of hydrogen-bond acceptors (Lipinski definition) is 23. The second kappa shape index (κ2) is 18.4. The van der Waals surface area contributed by atoms with E-state index in [2.05, 4.69) is 10.6 Å². The number of aliphatic hydroxyl groups is 8. The third-order valence-electron chi connectivity index (χ3n) is 11.3. The third kappa shape index (κ3) is 8.89. The van der Waals surface area contributed by atoms with Gasteiger partial charge >= 0.3 is 0 Å². The van der Waals surface area contributed by atoms with E-state index >= 15 is 0 Å². The Hall–Kier alpha value is -1.21. The van der Waals surface area contributed by atoms with Crippen LogP contribution in [0.5, 0.6) is 0 Å². The van der Waals surface area contributed by atoms with Crippen molar-refractivity contribution in [2.45, 2.75) is 166 Å². The number of carbonyl (C=O) groups excluding carboxylic acids is 1. The molecule has 0 bridgehead atoms. The van der Waals surface area contributed by atoms with E-state index in [-0.39, 0.29) is 25.8 Å². The maximum atomic E-state index is 12.2. The van der Waals surface area contributed by atoms with Crippen LogP contribution in [-0.2, 0) is 38.0 Å². The average molecular weight is 800 g/mol. The predicted molar refractivity (Wildman–Crippen MR) is 185 cm³/mol. The molecule has 20 N–H and O–H groups in total. The summed E-state index contributed by atoms with van der Waals surface area (Å²) in [6.07, 6.45) is -16.3. The molecular weight excluding hydrogens is 738 g/mol. The number of nitrogens with one attached hydrogen (secondary N) is 2. The lowest BCUT2D eigenvalue weighted by Crippen LogP contribution is -2.77. The van der Waals surface area contributed by atoms with Gasteiger partial charge in [0.05, 0.1) is 55.2 Å². The predicted octanol–water partition coefficient (Wildman–Crippen LogP) is -9.22. The molecule has 4 heterocycles. The molecule has 55 heavy (non-hydrogen) atoms. The van der Waals surface area contributed by atoms with Crippen LogP contribution >= 0.6 is 0 Å². The summed E-state index contributed by atoms with van der Waals surface area (Å²) >= 11 is 0. The summed E-state index contributed by atoms with van der Waals surface area (Å²) in [5.74, 6) is -2.76. The Morgan fingerprint density at radius 2 is 1.35 bits per heavy atom. The number of carbonyl (C=O) groups is 1. The molecular formula is C32H61N7O16. The van der Waals surface area contributed by atoms with E-state index < -0.39 is 153 Å². The van der Waals surface area contributed by atoms with Gasteiger partial charge in [0.2, 0.25) is 6.29 Å². The molecule has 2 aliphatic carbocycles. The first-order valence-corrected chi connectivity index (χ1v) is 18.5. The van der Waals surface area contributed by atoms with Crippen LogP contribution in [-0.4, -0.2) is 214 Å².